The number of halogens is 1. The number of benzene rings is 2. The molecule has 202 valence electrons. The molecule has 0 saturated heterocycles. The Kier molecular flexibility index (Phi) is 6.15. The second kappa shape index (κ2) is 9.03. The number of aliphatic hydroxyl groups is 1. The number of phenolic OH excluding ortho intramolecular Hbond substituents is 1. The van der Waals surface area contributed by atoms with Crippen molar-refractivity contribution in [2.45, 2.75) is 24.5 Å². The number of ketones is 4. The van der Waals surface area contributed by atoms with Crippen molar-refractivity contribution in [1.82, 2.24) is 4.90 Å². The predicted molar refractivity (Wildman–Crippen MR) is 137 cm³/mol. The lowest BCUT2D eigenvalue weighted by atomic mass is 9.52. The van der Waals surface area contributed by atoms with Crippen molar-refractivity contribution in [2.75, 3.05) is 14.1 Å². The zero-order chi connectivity index (χ0) is 28.5. The van der Waals surface area contributed by atoms with Gasteiger partial charge in [-0.25, -0.2) is 4.39 Å². The molecule has 0 radical (unpaired) electrons. The minimum absolute atomic E-state index is 0.0552. The van der Waals surface area contributed by atoms with Gasteiger partial charge in [-0.1, -0.05) is 24.8 Å². The van der Waals surface area contributed by atoms with Gasteiger partial charge in [0.15, 0.2) is 34.7 Å². The highest BCUT2D eigenvalue weighted by atomic mass is 19.1. The highest BCUT2D eigenvalue weighted by Crippen LogP contribution is 2.51. The van der Waals surface area contributed by atoms with Crippen LogP contribution in [0, 0.1) is 29.5 Å². The van der Waals surface area contributed by atoms with E-state index in [1.54, 1.807) is 12.1 Å². The molecular weight excluding hydrogens is 507 g/mol. The number of nitrogens with two attached hydrogens (primary N) is 1. The van der Waals surface area contributed by atoms with Crippen molar-refractivity contribution in [3.63, 3.8) is 0 Å². The van der Waals surface area contributed by atoms with Gasteiger partial charge >= 0.3 is 0 Å². The average molecular weight is 535 g/mol. The topological polar surface area (TPSA) is 155 Å². The highest BCUT2D eigenvalue weighted by molar-refractivity contribution is 6.32. The van der Waals surface area contributed by atoms with E-state index in [1.807, 2.05) is 0 Å². The molecule has 5 rings (SSSR count). The summed E-state index contributed by atoms with van der Waals surface area (Å²) in [7, 11) is 3.05. The first-order valence-corrected chi connectivity index (χ1v) is 12.5. The number of carbonyl (C=O) groups is 5. The minimum atomic E-state index is -2.78. The molecule has 2 aromatic rings. The largest absolute Gasteiger partial charge is 0.507 e. The fourth-order valence-corrected chi connectivity index (χ4v) is 6.74. The van der Waals surface area contributed by atoms with E-state index in [-0.39, 0.29) is 29.7 Å². The second-order valence-electron chi connectivity index (χ2n) is 10.7. The Labute approximate surface area is 223 Å². The maximum Gasteiger partial charge on any atom is 0.235 e. The third-order valence-electron chi connectivity index (χ3n) is 8.47. The molecule has 2 fully saturated rings. The molecular formula is C29H27FN2O7. The first-order valence-electron chi connectivity index (χ1n) is 12.5. The number of aromatic hydroxyl groups is 1. The number of phenols is 1. The molecule has 0 bridgehead atoms. The van der Waals surface area contributed by atoms with E-state index in [0.29, 0.717) is 16.7 Å². The zero-order valence-electron chi connectivity index (χ0n) is 21.3. The predicted octanol–water partition coefficient (Wildman–Crippen LogP) is 1.32. The van der Waals surface area contributed by atoms with Crippen molar-refractivity contribution in [1.29, 1.82) is 0 Å². The Morgan fingerprint density at radius 2 is 1.85 bits per heavy atom. The van der Waals surface area contributed by atoms with Gasteiger partial charge in [-0.05, 0) is 67.7 Å². The van der Waals surface area contributed by atoms with E-state index in [2.05, 4.69) is 6.58 Å². The van der Waals surface area contributed by atoms with Crippen LogP contribution in [0.15, 0.2) is 36.9 Å². The fourth-order valence-electron chi connectivity index (χ4n) is 6.74. The van der Waals surface area contributed by atoms with Crippen LogP contribution in [0.25, 0.3) is 17.2 Å². The molecule has 2 saturated carbocycles. The number of hydrogen-bond donors (Lipinski definition) is 3. The van der Waals surface area contributed by atoms with Crippen LogP contribution in [0.3, 0.4) is 0 Å². The monoisotopic (exact) mass is 534 g/mol. The molecule has 9 nitrogen and oxygen atoms in total. The fraction of sp³-hybridized carbons (Fsp3) is 0.345. The Bertz CT molecular complexity index is 1500. The smallest absolute Gasteiger partial charge is 0.235 e. The van der Waals surface area contributed by atoms with E-state index in [0.717, 1.165) is 0 Å². The molecule has 6 unspecified atom stereocenters. The van der Waals surface area contributed by atoms with E-state index in [9.17, 15) is 38.6 Å². The van der Waals surface area contributed by atoms with E-state index in [1.165, 1.54) is 43.3 Å². The number of rotatable bonds is 4. The van der Waals surface area contributed by atoms with Gasteiger partial charge in [-0.15, -0.1) is 0 Å². The summed E-state index contributed by atoms with van der Waals surface area (Å²) >= 11 is 0. The van der Waals surface area contributed by atoms with Crippen molar-refractivity contribution in [3.8, 4) is 16.9 Å². The molecule has 4 N–H and O–H groups in total. The van der Waals surface area contributed by atoms with Gasteiger partial charge < -0.3 is 15.9 Å². The summed E-state index contributed by atoms with van der Waals surface area (Å²) in [5, 5.41) is 22.3. The van der Waals surface area contributed by atoms with Crippen LogP contribution >= 0.6 is 0 Å². The average Bonchev–Trinajstić information content (AvgIpc) is 2.86. The van der Waals surface area contributed by atoms with Gasteiger partial charge in [0.2, 0.25) is 5.91 Å². The van der Waals surface area contributed by atoms with Crippen LogP contribution in [0.2, 0.25) is 0 Å². The molecule has 2 aromatic carbocycles. The summed E-state index contributed by atoms with van der Waals surface area (Å²) in [6.07, 6.45) is 1.40. The third kappa shape index (κ3) is 3.62. The molecule has 0 heterocycles. The van der Waals surface area contributed by atoms with Crippen molar-refractivity contribution >= 4 is 35.1 Å². The zero-order valence-corrected chi connectivity index (χ0v) is 21.3. The molecule has 0 spiro atoms. The summed E-state index contributed by atoms with van der Waals surface area (Å²) in [5.74, 6) is -11.6. The van der Waals surface area contributed by atoms with Gasteiger partial charge in [0, 0.05) is 11.5 Å². The van der Waals surface area contributed by atoms with Gasteiger partial charge in [-0.3, -0.25) is 28.9 Å². The number of amides is 1. The van der Waals surface area contributed by atoms with Crippen molar-refractivity contribution < 1.29 is 38.6 Å². The summed E-state index contributed by atoms with van der Waals surface area (Å²) < 4.78 is 14.1. The second-order valence-corrected chi connectivity index (χ2v) is 10.7. The quantitative estimate of drug-likeness (QED) is 0.496. The number of likely N-dealkylation sites (N-methyl/N-ethyl adjacent to an activating group) is 1. The molecule has 0 aliphatic heterocycles. The highest BCUT2D eigenvalue weighted by Gasteiger charge is 2.69. The molecule has 0 aromatic heterocycles. The molecule has 3 aliphatic rings. The Morgan fingerprint density at radius 1 is 1.15 bits per heavy atom. The summed E-state index contributed by atoms with van der Waals surface area (Å²) in [4.78, 5) is 67.7. The Morgan fingerprint density at radius 3 is 2.46 bits per heavy atom. The first kappa shape index (κ1) is 26.6. The molecule has 1 amide bonds. The first-order chi connectivity index (χ1) is 18.3. The summed E-state index contributed by atoms with van der Waals surface area (Å²) in [6, 6.07) is 6.06. The molecule has 3 aliphatic carbocycles. The number of fused-ring (bicyclic) bond motifs is 3. The van der Waals surface area contributed by atoms with E-state index < -0.39 is 70.2 Å². The number of nitrogens with zero attached hydrogens (tertiary/aromatic N) is 1. The lowest BCUT2D eigenvalue weighted by molar-refractivity contribution is -0.181. The van der Waals surface area contributed by atoms with E-state index in [4.69, 9.17) is 5.73 Å². The lowest BCUT2D eigenvalue weighted by Crippen LogP contribution is -2.74. The van der Waals surface area contributed by atoms with E-state index >= 15 is 0 Å². The SMILES string of the molecule is C=Cc1cc(-c2ccc(O)c3c2CC2CC4C(N(C)C)C(=O)C(C(N)=O)C(=O)C4(O)C(=O)C2C3=O)ccc1F. The maximum absolute atomic E-state index is 14.1. The van der Waals surface area contributed by atoms with Crippen LogP contribution in [-0.4, -0.2) is 69.9 Å². The van der Waals surface area contributed by atoms with Crippen LogP contribution < -0.4 is 5.73 Å². The third-order valence-corrected chi connectivity index (χ3v) is 8.47. The summed E-state index contributed by atoms with van der Waals surface area (Å²) in [5.41, 5.74) is 4.21. The standard InChI is InChI=1S/C29H27FN2O7/c1-4-12-9-13(5-7-18(12)30)15-6-8-19(33)21-16(15)10-14-11-17-23(32(2)3)25(35)22(28(31)38)27(37)29(17,39)26(36)20(14)24(21)34/h4-9,14,17,20,22-23,33,39H,1,10-11H2,2-3H3,(H2,31,38). The Hall–Kier alpha value is -4.02. The summed E-state index contributed by atoms with van der Waals surface area (Å²) in [6.45, 7) is 3.61. The number of hydrogen-bond acceptors (Lipinski definition) is 8. The normalized spacial score (nSPS) is 30.0. The molecule has 39 heavy (non-hydrogen) atoms. The van der Waals surface area contributed by atoms with Crippen molar-refractivity contribution in [3.05, 3.63) is 59.4 Å². The van der Waals surface area contributed by atoms with Crippen LogP contribution in [0.4, 0.5) is 4.39 Å². The van der Waals surface area contributed by atoms with Crippen LogP contribution in [0.5, 0.6) is 5.75 Å². The van der Waals surface area contributed by atoms with Gasteiger partial charge in [0.1, 0.15) is 11.6 Å². The van der Waals surface area contributed by atoms with Gasteiger partial charge in [0.25, 0.3) is 0 Å². The van der Waals surface area contributed by atoms with Gasteiger partial charge in [0.05, 0.1) is 17.5 Å². The molecule has 6 atom stereocenters. The minimum Gasteiger partial charge on any atom is -0.507 e. The van der Waals surface area contributed by atoms with Gasteiger partial charge in [-0.2, -0.15) is 0 Å². The van der Waals surface area contributed by atoms with Crippen molar-refractivity contribution in [2.24, 2.45) is 29.4 Å². The molecule has 10 heteroatoms. The van der Waals surface area contributed by atoms with Crippen LogP contribution in [-0.2, 0) is 25.6 Å². The lowest BCUT2D eigenvalue weighted by Gasteiger charge is -2.52. The number of primary amides is 1. The number of Topliss-reactive ketones (excluding diaryl/α,β-unsaturated/α-hetero) is 4. The Balaban J connectivity index is 1.66. The maximum atomic E-state index is 14.1. The number of carbonyl (C=O) groups excluding carboxylic acids is 5. The van der Waals surface area contributed by atoms with Crippen LogP contribution in [0.1, 0.15) is 27.9 Å².